The van der Waals surface area contributed by atoms with Gasteiger partial charge in [-0.2, -0.15) is 0 Å². The molecule has 0 aliphatic carbocycles. The molecule has 0 aromatic heterocycles. The van der Waals surface area contributed by atoms with Crippen molar-refractivity contribution in [2.45, 2.75) is 4.90 Å². The molecule has 6 nitrogen and oxygen atoms in total. The minimum Gasteiger partial charge on any atom is -0.452 e. The van der Waals surface area contributed by atoms with Crippen molar-refractivity contribution in [3.05, 3.63) is 64.4 Å². The molecule has 142 valence electrons. The number of halogens is 2. The third kappa shape index (κ3) is 6.61. The van der Waals surface area contributed by atoms with Crippen LogP contribution in [0.1, 0.15) is 5.56 Å². The summed E-state index contributed by atoms with van der Waals surface area (Å²) in [5.41, 5.74) is 0.548. The molecule has 1 amide bonds. The van der Waals surface area contributed by atoms with Crippen molar-refractivity contribution in [3.8, 4) is 0 Å². The lowest BCUT2D eigenvalue weighted by Gasteiger charge is -2.06. The third-order valence-corrected chi connectivity index (χ3v) is 4.89. The molecule has 0 fully saturated rings. The van der Waals surface area contributed by atoms with E-state index in [-0.39, 0.29) is 10.5 Å². The number of carbonyl (C=O) groups excluding carboxylic acids is 2. The number of esters is 1. The molecule has 0 aliphatic rings. The molecular formula is C18H15BrFNO5S. The van der Waals surface area contributed by atoms with E-state index < -0.39 is 34.1 Å². The lowest BCUT2D eigenvalue weighted by molar-refractivity contribution is -0.142. The van der Waals surface area contributed by atoms with Crippen molar-refractivity contribution in [1.29, 1.82) is 0 Å². The van der Waals surface area contributed by atoms with Gasteiger partial charge in [-0.1, -0.05) is 15.9 Å². The first-order chi connectivity index (χ1) is 12.6. The van der Waals surface area contributed by atoms with Gasteiger partial charge in [-0.15, -0.1) is 0 Å². The molecule has 0 unspecified atom stereocenters. The molecule has 2 aromatic carbocycles. The van der Waals surface area contributed by atoms with Crippen LogP contribution in [0, 0.1) is 5.82 Å². The number of amides is 1. The number of rotatable bonds is 6. The smallest absolute Gasteiger partial charge is 0.331 e. The number of benzene rings is 2. The third-order valence-electron chi connectivity index (χ3n) is 3.27. The summed E-state index contributed by atoms with van der Waals surface area (Å²) in [5.74, 6) is -1.91. The summed E-state index contributed by atoms with van der Waals surface area (Å²) in [6, 6.07) is 9.82. The fourth-order valence-corrected chi connectivity index (χ4v) is 2.98. The molecule has 1 N–H and O–H groups in total. The Morgan fingerprint density at radius 1 is 1.19 bits per heavy atom. The summed E-state index contributed by atoms with van der Waals surface area (Å²) < 4.78 is 41.7. The van der Waals surface area contributed by atoms with Crippen LogP contribution in [0.15, 0.2) is 57.9 Å². The molecule has 0 saturated heterocycles. The van der Waals surface area contributed by atoms with Crippen LogP contribution in [-0.2, 0) is 24.2 Å². The fraction of sp³-hybridized carbons (Fsp3) is 0.111. The SMILES string of the molecule is CS(=O)(=O)c1ccc(NC(=O)COC(=O)/C=C/c2cc(Br)ccc2F)cc1. The van der Waals surface area contributed by atoms with Gasteiger partial charge in [0.15, 0.2) is 16.4 Å². The molecule has 0 aliphatic heterocycles. The largest absolute Gasteiger partial charge is 0.452 e. The molecule has 0 spiro atoms. The average molecular weight is 456 g/mol. The van der Waals surface area contributed by atoms with Crippen LogP contribution >= 0.6 is 15.9 Å². The number of ether oxygens (including phenoxy) is 1. The van der Waals surface area contributed by atoms with Crippen molar-refractivity contribution < 1.29 is 27.1 Å². The maximum Gasteiger partial charge on any atom is 0.331 e. The van der Waals surface area contributed by atoms with Gasteiger partial charge >= 0.3 is 5.97 Å². The Kier molecular flexibility index (Phi) is 6.86. The Balaban J connectivity index is 1.87. The van der Waals surface area contributed by atoms with Crippen LogP contribution in [0.3, 0.4) is 0 Å². The first-order valence-electron chi connectivity index (χ1n) is 7.55. The predicted molar refractivity (Wildman–Crippen MR) is 102 cm³/mol. The normalized spacial score (nSPS) is 11.4. The number of hydrogen-bond acceptors (Lipinski definition) is 5. The lowest BCUT2D eigenvalue weighted by atomic mass is 10.2. The van der Waals surface area contributed by atoms with Crippen LogP contribution in [0.5, 0.6) is 0 Å². The Bertz CT molecular complexity index is 987. The summed E-state index contributed by atoms with van der Waals surface area (Å²) in [7, 11) is -3.32. The summed E-state index contributed by atoms with van der Waals surface area (Å²) in [5, 5.41) is 2.47. The zero-order chi connectivity index (χ0) is 20.0. The number of sulfone groups is 1. The van der Waals surface area contributed by atoms with Gasteiger partial charge in [0.1, 0.15) is 5.82 Å². The highest BCUT2D eigenvalue weighted by atomic mass is 79.9. The molecule has 0 atom stereocenters. The highest BCUT2D eigenvalue weighted by Gasteiger charge is 2.09. The van der Waals surface area contributed by atoms with Crippen LogP contribution in [0.2, 0.25) is 0 Å². The van der Waals surface area contributed by atoms with Gasteiger partial charge in [-0.3, -0.25) is 4.79 Å². The minimum atomic E-state index is -3.32. The van der Waals surface area contributed by atoms with Crippen LogP contribution in [-0.4, -0.2) is 33.2 Å². The molecule has 0 saturated carbocycles. The summed E-state index contributed by atoms with van der Waals surface area (Å²) in [4.78, 5) is 23.5. The quantitative estimate of drug-likeness (QED) is 0.533. The monoisotopic (exact) mass is 455 g/mol. The van der Waals surface area contributed by atoms with Crippen LogP contribution in [0.25, 0.3) is 6.08 Å². The van der Waals surface area contributed by atoms with Crippen molar-refractivity contribution in [1.82, 2.24) is 0 Å². The number of anilines is 1. The van der Waals surface area contributed by atoms with E-state index in [1.54, 1.807) is 0 Å². The predicted octanol–water partition coefficient (Wildman–Crippen LogP) is 3.19. The zero-order valence-corrected chi connectivity index (χ0v) is 16.5. The second-order valence-corrected chi connectivity index (χ2v) is 8.38. The highest BCUT2D eigenvalue weighted by molar-refractivity contribution is 9.10. The van der Waals surface area contributed by atoms with Crippen molar-refractivity contribution in [2.75, 3.05) is 18.2 Å². The number of nitrogens with one attached hydrogen (secondary N) is 1. The standard InChI is InChI=1S/C18H15BrFNO5S/c1-27(24,25)15-6-4-14(5-7-15)21-17(22)11-26-18(23)9-2-12-10-13(19)3-8-16(12)20/h2-10H,11H2,1H3,(H,21,22)/b9-2+. The Morgan fingerprint density at radius 2 is 1.85 bits per heavy atom. The van der Waals surface area contributed by atoms with E-state index in [4.69, 9.17) is 4.74 Å². The number of carbonyl (C=O) groups is 2. The van der Waals surface area contributed by atoms with Gasteiger partial charge in [-0.05, 0) is 48.5 Å². The lowest BCUT2D eigenvalue weighted by Crippen LogP contribution is -2.20. The van der Waals surface area contributed by atoms with Gasteiger partial charge in [-0.25, -0.2) is 17.6 Å². The van der Waals surface area contributed by atoms with E-state index >= 15 is 0 Å². The van der Waals surface area contributed by atoms with E-state index in [9.17, 15) is 22.4 Å². The van der Waals surface area contributed by atoms with Crippen molar-refractivity contribution in [3.63, 3.8) is 0 Å². The van der Waals surface area contributed by atoms with E-state index in [1.165, 1.54) is 48.5 Å². The Hall–Kier alpha value is -2.52. The Labute approximate surface area is 164 Å². The highest BCUT2D eigenvalue weighted by Crippen LogP contribution is 2.17. The fourth-order valence-electron chi connectivity index (χ4n) is 1.97. The second-order valence-electron chi connectivity index (χ2n) is 5.45. The van der Waals surface area contributed by atoms with Gasteiger partial charge < -0.3 is 10.1 Å². The molecule has 9 heteroatoms. The molecular weight excluding hydrogens is 441 g/mol. The topological polar surface area (TPSA) is 89.5 Å². The summed E-state index contributed by atoms with van der Waals surface area (Å²) in [6.45, 7) is -0.544. The molecule has 0 heterocycles. The van der Waals surface area contributed by atoms with Gasteiger partial charge in [0.05, 0.1) is 4.90 Å². The zero-order valence-electron chi connectivity index (χ0n) is 14.1. The van der Waals surface area contributed by atoms with E-state index in [0.29, 0.717) is 10.2 Å². The average Bonchev–Trinajstić information content (AvgIpc) is 2.60. The summed E-state index contributed by atoms with van der Waals surface area (Å²) in [6.07, 6.45) is 3.33. The molecule has 2 aromatic rings. The first-order valence-corrected chi connectivity index (χ1v) is 10.2. The summed E-state index contributed by atoms with van der Waals surface area (Å²) >= 11 is 3.20. The van der Waals surface area contributed by atoms with Crippen LogP contribution < -0.4 is 5.32 Å². The maximum absolute atomic E-state index is 13.6. The second kappa shape index (κ2) is 8.92. The first kappa shape index (κ1) is 20.8. The maximum atomic E-state index is 13.6. The van der Waals surface area contributed by atoms with Gasteiger partial charge in [0, 0.05) is 28.1 Å². The van der Waals surface area contributed by atoms with Crippen molar-refractivity contribution in [2.24, 2.45) is 0 Å². The van der Waals surface area contributed by atoms with Gasteiger partial charge in [0.25, 0.3) is 5.91 Å². The van der Waals surface area contributed by atoms with E-state index in [1.807, 2.05) is 0 Å². The van der Waals surface area contributed by atoms with Crippen LogP contribution in [0.4, 0.5) is 10.1 Å². The number of hydrogen-bond donors (Lipinski definition) is 1. The van der Waals surface area contributed by atoms with Gasteiger partial charge in [0.2, 0.25) is 0 Å². The molecule has 0 radical (unpaired) electrons. The van der Waals surface area contributed by atoms with Crippen molar-refractivity contribution >= 4 is 49.4 Å². The van der Waals surface area contributed by atoms with E-state index in [0.717, 1.165) is 12.3 Å². The minimum absolute atomic E-state index is 0.122. The molecule has 2 rings (SSSR count). The van der Waals surface area contributed by atoms with E-state index in [2.05, 4.69) is 21.2 Å². The molecule has 0 bridgehead atoms. The molecule has 27 heavy (non-hydrogen) atoms. The Morgan fingerprint density at radius 3 is 2.48 bits per heavy atom.